The second-order valence-electron chi connectivity index (χ2n) is 3.83. The summed E-state index contributed by atoms with van der Waals surface area (Å²) in [5.41, 5.74) is -0.0875. The maximum Gasteiger partial charge on any atom is 0.310 e. The summed E-state index contributed by atoms with van der Waals surface area (Å²) in [6.45, 7) is 0.543. The molecule has 0 radical (unpaired) electrons. The van der Waals surface area contributed by atoms with Crippen LogP contribution >= 0.6 is 0 Å². The van der Waals surface area contributed by atoms with Crippen LogP contribution < -0.4 is 4.74 Å². The Morgan fingerprint density at radius 1 is 1.45 bits per heavy atom. The molecule has 0 saturated heterocycles. The maximum absolute atomic E-state index is 11.4. The van der Waals surface area contributed by atoms with Crippen LogP contribution in [-0.2, 0) is 17.3 Å². The van der Waals surface area contributed by atoms with Crippen molar-refractivity contribution in [1.29, 1.82) is 0 Å². The highest BCUT2D eigenvalue weighted by Crippen LogP contribution is 2.25. The van der Waals surface area contributed by atoms with Gasteiger partial charge in [0.25, 0.3) is 0 Å². The van der Waals surface area contributed by atoms with Gasteiger partial charge < -0.3 is 9.30 Å². The Bertz CT molecular complexity index is 643. The summed E-state index contributed by atoms with van der Waals surface area (Å²) in [5.74, 6) is 0.199. The van der Waals surface area contributed by atoms with Crippen LogP contribution in [0.2, 0.25) is 0 Å². The van der Waals surface area contributed by atoms with Crippen LogP contribution in [0.1, 0.15) is 0 Å². The third kappa shape index (κ3) is 3.18. The van der Waals surface area contributed by atoms with Crippen molar-refractivity contribution in [3.05, 3.63) is 40.7 Å². The molecule has 0 fully saturated rings. The van der Waals surface area contributed by atoms with Gasteiger partial charge in [-0.05, 0) is 6.07 Å². The fourth-order valence-corrected chi connectivity index (χ4v) is 2.24. The summed E-state index contributed by atoms with van der Waals surface area (Å²) >= 11 is 0. The summed E-state index contributed by atoms with van der Waals surface area (Å²) in [5, 5.41) is 18.6. The fraction of sp³-hybridized carbons (Fsp3) is 0.273. The molecule has 0 aliphatic carbocycles. The molecule has 1 aromatic heterocycles. The zero-order chi connectivity index (χ0) is 14.5. The van der Waals surface area contributed by atoms with E-state index >= 15 is 0 Å². The van der Waals surface area contributed by atoms with Crippen LogP contribution in [0.4, 0.5) is 5.69 Å². The number of para-hydroxylation sites is 2. The fourth-order valence-electron chi connectivity index (χ4n) is 1.60. The Labute approximate surface area is 117 Å². The van der Waals surface area contributed by atoms with Crippen molar-refractivity contribution in [2.24, 2.45) is 0 Å². The molecule has 106 valence electrons. The largest absolute Gasteiger partial charge is 0.485 e. The first-order valence-electron chi connectivity index (χ1n) is 5.67. The third-order valence-electron chi connectivity index (χ3n) is 2.49. The van der Waals surface area contributed by atoms with Crippen molar-refractivity contribution in [2.75, 3.05) is 12.9 Å². The lowest BCUT2D eigenvalue weighted by Gasteiger charge is -2.07. The monoisotopic (exact) mass is 296 g/mol. The van der Waals surface area contributed by atoms with Crippen molar-refractivity contribution in [1.82, 2.24) is 14.8 Å². The standard InChI is InChI=1S/C11H12N4O4S/c1-20(18)11-13-12-8-14(11)6-7-19-10-5-3-2-4-9(10)15(16)17/h2-5,8H,6-7H2,1H3/t20-/m0/s1. The predicted molar refractivity (Wildman–Crippen MR) is 70.9 cm³/mol. The van der Waals surface area contributed by atoms with Crippen molar-refractivity contribution < 1.29 is 13.9 Å². The zero-order valence-corrected chi connectivity index (χ0v) is 11.4. The highest BCUT2D eigenvalue weighted by molar-refractivity contribution is 7.84. The minimum Gasteiger partial charge on any atom is -0.485 e. The van der Waals surface area contributed by atoms with E-state index in [0.29, 0.717) is 11.7 Å². The molecule has 0 aliphatic rings. The van der Waals surface area contributed by atoms with Gasteiger partial charge in [0.05, 0.1) is 22.3 Å². The van der Waals surface area contributed by atoms with Crippen LogP contribution in [0.25, 0.3) is 0 Å². The van der Waals surface area contributed by atoms with Gasteiger partial charge in [-0.3, -0.25) is 14.3 Å². The molecule has 1 atom stereocenters. The Morgan fingerprint density at radius 3 is 2.90 bits per heavy atom. The quantitative estimate of drug-likeness (QED) is 0.582. The lowest BCUT2D eigenvalue weighted by atomic mass is 10.3. The number of ether oxygens (including phenoxy) is 1. The molecule has 9 heteroatoms. The van der Waals surface area contributed by atoms with Gasteiger partial charge >= 0.3 is 5.69 Å². The minimum atomic E-state index is -1.24. The molecule has 0 saturated carbocycles. The first-order chi connectivity index (χ1) is 9.59. The van der Waals surface area contributed by atoms with Gasteiger partial charge in [0.2, 0.25) is 5.16 Å². The van der Waals surface area contributed by atoms with E-state index in [2.05, 4.69) is 10.2 Å². The third-order valence-corrected chi connectivity index (χ3v) is 3.32. The van der Waals surface area contributed by atoms with E-state index in [0.717, 1.165) is 0 Å². The van der Waals surface area contributed by atoms with E-state index in [-0.39, 0.29) is 18.0 Å². The summed E-state index contributed by atoms with van der Waals surface area (Å²) < 4.78 is 18.3. The van der Waals surface area contributed by atoms with E-state index in [9.17, 15) is 14.3 Å². The van der Waals surface area contributed by atoms with E-state index in [4.69, 9.17) is 4.74 Å². The molecule has 8 nitrogen and oxygen atoms in total. The van der Waals surface area contributed by atoms with Crippen LogP contribution in [0.15, 0.2) is 35.7 Å². The number of hydrogen-bond donors (Lipinski definition) is 0. The van der Waals surface area contributed by atoms with Crippen LogP contribution in [0, 0.1) is 10.1 Å². The average Bonchev–Trinajstić information content (AvgIpc) is 2.87. The molecule has 20 heavy (non-hydrogen) atoms. The van der Waals surface area contributed by atoms with E-state index < -0.39 is 15.7 Å². The summed E-state index contributed by atoms with van der Waals surface area (Å²) in [4.78, 5) is 10.3. The number of nitrogens with zero attached hydrogens (tertiary/aromatic N) is 4. The van der Waals surface area contributed by atoms with Gasteiger partial charge in [0.1, 0.15) is 12.9 Å². The molecule has 0 unspecified atom stereocenters. The van der Waals surface area contributed by atoms with Gasteiger partial charge in [-0.25, -0.2) is 0 Å². The Kier molecular flexibility index (Phi) is 4.41. The number of nitro benzene ring substituents is 1. The predicted octanol–water partition coefficient (Wildman–Crippen LogP) is 1.00. The van der Waals surface area contributed by atoms with E-state index in [1.807, 2.05) is 0 Å². The molecule has 0 spiro atoms. The molecule has 0 bridgehead atoms. The molecule has 0 aliphatic heterocycles. The van der Waals surface area contributed by atoms with Crippen molar-refractivity contribution in [3.8, 4) is 5.75 Å². The summed E-state index contributed by atoms with van der Waals surface area (Å²) in [6, 6.07) is 6.14. The minimum absolute atomic E-state index is 0.0875. The topological polar surface area (TPSA) is 100 Å². The molecule has 2 rings (SSSR count). The Morgan fingerprint density at radius 2 is 2.20 bits per heavy atom. The second kappa shape index (κ2) is 6.24. The lowest BCUT2D eigenvalue weighted by Crippen LogP contribution is -2.11. The van der Waals surface area contributed by atoms with Gasteiger partial charge in [0.15, 0.2) is 5.75 Å². The molecular weight excluding hydrogens is 284 g/mol. The smallest absolute Gasteiger partial charge is 0.310 e. The molecule has 1 aromatic carbocycles. The Hall–Kier alpha value is -2.29. The molecule has 0 amide bonds. The normalized spacial score (nSPS) is 12.1. The van der Waals surface area contributed by atoms with Crippen molar-refractivity contribution >= 4 is 16.5 Å². The highest BCUT2D eigenvalue weighted by Gasteiger charge is 2.14. The molecule has 0 N–H and O–H groups in total. The first-order valence-corrected chi connectivity index (χ1v) is 7.23. The summed E-state index contributed by atoms with van der Waals surface area (Å²) in [6.07, 6.45) is 2.95. The molecular formula is C11H12N4O4S. The average molecular weight is 296 g/mol. The Balaban J connectivity index is 2.01. The molecule has 2 aromatic rings. The summed E-state index contributed by atoms with van der Waals surface area (Å²) in [7, 11) is -1.24. The number of aromatic nitrogens is 3. The van der Waals surface area contributed by atoms with Crippen molar-refractivity contribution in [2.45, 2.75) is 11.7 Å². The second-order valence-corrected chi connectivity index (χ2v) is 5.11. The van der Waals surface area contributed by atoms with Gasteiger partial charge in [-0.2, -0.15) is 0 Å². The number of hydrogen-bond acceptors (Lipinski definition) is 6. The number of nitro groups is 1. The van der Waals surface area contributed by atoms with Crippen molar-refractivity contribution in [3.63, 3.8) is 0 Å². The highest BCUT2D eigenvalue weighted by atomic mass is 32.2. The number of benzene rings is 1. The lowest BCUT2D eigenvalue weighted by molar-refractivity contribution is -0.385. The SMILES string of the molecule is C[S@](=O)c1nncn1CCOc1ccccc1[N+](=O)[O-]. The zero-order valence-electron chi connectivity index (χ0n) is 10.6. The van der Waals surface area contributed by atoms with Crippen LogP contribution in [-0.4, -0.2) is 36.8 Å². The maximum atomic E-state index is 11.4. The van der Waals surface area contributed by atoms with Gasteiger partial charge in [0, 0.05) is 12.3 Å². The van der Waals surface area contributed by atoms with Crippen LogP contribution in [0.3, 0.4) is 0 Å². The van der Waals surface area contributed by atoms with Gasteiger partial charge in [-0.1, -0.05) is 12.1 Å². The van der Waals surface area contributed by atoms with E-state index in [1.54, 1.807) is 16.7 Å². The molecule has 1 heterocycles. The van der Waals surface area contributed by atoms with Gasteiger partial charge in [-0.15, -0.1) is 10.2 Å². The van der Waals surface area contributed by atoms with Crippen LogP contribution in [0.5, 0.6) is 5.75 Å². The van der Waals surface area contributed by atoms with E-state index in [1.165, 1.54) is 24.7 Å². The first kappa shape index (κ1) is 14.1. The number of rotatable bonds is 6.